The van der Waals surface area contributed by atoms with Crippen LogP contribution in [0, 0.1) is 6.92 Å². The van der Waals surface area contributed by atoms with Gasteiger partial charge >= 0.3 is 6.03 Å². The van der Waals surface area contributed by atoms with Crippen LogP contribution in [0.2, 0.25) is 0 Å². The van der Waals surface area contributed by atoms with Crippen LogP contribution in [0.4, 0.5) is 10.5 Å². The average molecular weight is 355 g/mol. The van der Waals surface area contributed by atoms with E-state index in [0.29, 0.717) is 24.3 Å². The summed E-state index contributed by atoms with van der Waals surface area (Å²) in [6.07, 6.45) is -0.0576. The number of ether oxygens (including phenoxy) is 1. The largest absolute Gasteiger partial charge is 0.369 e. The van der Waals surface area contributed by atoms with Crippen LogP contribution in [0.1, 0.15) is 26.3 Å². The first kappa shape index (κ1) is 18.7. The Bertz CT molecular complexity index is 731. The highest BCUT2D eigenvalue weighted by Crippen LogP contribution is 2.23. The molecule has 1 saturated heterocycles. The smallest absolute Gasteiger partial charge is 0.322 e. The topological polar surface area (TPSA) is 87.7 Å². The summed E-state index contributed by atoms with van der Waals surface area (Å²) in [5.74, 6) is 0. The van der Waals surface area contributed by atoms with Crippen LogP contribution in [0.5, 0.6) is 0 Å². The van der Waals surface area contributed by atoms with Crippen LogP contribution >= 0.6 is 0 Å². The maximum absolute atomic E-state index is 12.5. The number of morpholine rings is 1. The van der Waals surface area contributed by atoms with E-state index in [4.69, 9.17) is 4.74 Å². The summed E-state index contributed by atoms with van der Waals surface area (Å²) in [4.78, 5) is 14.3. The van der Waals surface area contributed by atoms with Crippen molar-refractivity contribution in [3.8, 4) is 0 Å². The lowest BCUT2D eigenvalue weighted by molar-refractivity contribution is -0.116. The van der Waals surface area contributed by atoms with Gasteiger partial charge in [-0.2, -0.15) is 0 Å². The van der Waals surface area contributed by atoms with Crippen molar-refractivity contribution in [1.82, 2.24) is 9.62 Å². The number of aryl methyl sites for hydroxylation is 1. The van der Waals surface area contributed by atoms with Gasteiger partial charge in [-0.1, -0.05) is 6.07 Å². The Morgan fingerprint density at radius 2 is 2.04 bits per heavy atom. The summed E-state index contributed by atoms with van der Waals surface area (Å²) >= 11 is 0. The second-order valence-corrected chi connectivity index (χ2v) is 8.54. The minimum Gasteiger partial charge on any atom is -0.369 e. The molecule has 0 radical (unpaired) electrons. The molecule has 0 saturated carbocycles. The van der Waals surface area contributed by atoms with E-state index in [2.05, 4.69) is 10.0 Å². The Morgan fingerprint density at radius 3 is 2.62 bits per heavy atom. The molecule has 2 N–H and O–H groups in total. The Kier molecular flexibility index (Phi) is 5.22. The number of rotatable bonds is 3. The van der Waals surface area contributed by atoms with Crippen molar-refractivity contribution >= 4 is 21.7 Å². The highest BCUT2D eigenvalue weighted by molar-refractivity contribution is 7.89. The van der Waals surface area contributed by atoms with Crippen molar-refractivity contribution in [3.05, 3.63) is 23.8 Å². The molecule has 1 heterocycles. The first-order valence-electron chi connectivity index (χ1n) is 7.82. The lowest BCUT2D eigenvalue weighted by Crippen LogP contribution is -2.54. The highest BCUT2D eigenvalue weighted by atomic mass is 32.2. The number of sulfonamides is 1. The molecule has 1 fully saturated rings. The molecule has 0 bridgehead atoms. The zero-order chi connectivity index (χ0) is 18.1. The third kappa shape index (κ3) is 4.25. The fraction of sp³-hybridized carbons (Fsp3) is 0.562. The number of amides is 2. The summed E-state index contributed by atoms with van der Waals surface area (Å²) in [6, 6.07) is 4.56. The first-order chi connectivity index (χ1) is 11.0. The molecule has 1 atom stereocenters. The number of hydrogen-bond donors (Lipinski definition) is 2. The van der Waals surface area contributed by atoms with Gasteiger partial charge in [-0.15, -0.1) is 0 Å². The Hall–Kier alpha value is -1.64. The number of nitrogens with zero attached hydrogens (tertiary/aromatic N) is 1. The van der Waals surface area contributed by atoms with Gasteiger partial charge in [0.15, 0.2) is 0 Å². The summed E-state index contributed by atoms with van der Waals surface area (Å²) in [6.45, 7) is 8.46. The van der Waals surface area contributed by atoms with Crippen LogP contribution in [-0.4, -0.2) is 51.2 Å². The Labute approximate surface area is 143 Å². The third-order valence-corrected chi connectivity index (χ3v) is 5.41. The van der Waals surface area contributed by atoms with Gasteiger partial charge in [0.25, 0.3) is 0 Å². The number of benzene rings is 1. The molecule has 24 heavy (non-hydrogen) atoms. The standard InChI is InChI=1S/C16H25N3O4S/c1-11-6-7-13(8-14(11)24(21,22)17-5)18-15(20)19-9-12(2)23-16(3,4)10-19/h6-8,12,17H,9-10H2,1-5H3,(H,18,20). The van der Waals surface area contributed by atoms with Crippen LogP contribution in [-0.2, 0) is 14.8 Å². The van der Waals surface area contributed by atoms with E-state index in [0.717, 1.165) is 0 Å². The number of carbonyl (C=O) groups is 1. The van der Waals surface area contributed by atoms with E-state index < -0.39 is 15.6 Å². The molecular formula is C16H25N3O4S. The molecule has 1 aromatic carbocycles. The van der Waals surface area contributed by atoms with Gasteiger partial charge in [-0.05, 0) is 52.4 Å². The van der Waals surface area contributed by atoms with Crippen molar-refractivity contribution < 1.29 is 17.9 Å². The molecular weight excluding hydrogens is 330 g/mol. The zero-order valence-electron chi connectivity index (χ0n) is 14.7. The van der Waals surface area contributed by atoms with E-state index in [1.165, 1.54) is 13.1 Å². The highest BCUT2D eigenvalue weighted by Gasteiger charge is 2.33. The lowest BCUT2D eigenvalue weighted by Gasteiger charge is -2.41. The Morgan fingerprint density at radius 1 is 1.38 bits per heavy atom. The van der Waals surface area contributed by atoms with Gasteiger partial charge in [0, 0.05) is 12.2 Å². The average Bonchev–Trinajstić information content (AvgIpc) is 2.47. The number of hydrogen-bond acceptors (Lipinski definition) is 4. The van der Waals surface area contributed by atoms with E-state index in [1.54, 1.807) is 24.0 Å². The van der Waals surface area contributed by atoms with E-state index in [-0.39, 0.29) is 17.0 Å². The quantitative estimate of drug-likeness (QED) is 0.867. The van der Waals surface area contributed by atoms with Crippen molar-refractivity contribution in [2.24, 2.45) is 0 Å². The predicted molar refractivity (Wildman–Crippen MR) is 92.6 cm³/mol. The van der Waals surface area contributed by atoms with Gasteiger partial charge in [0.1, 0.15) is 0 Å². The number of nitrogens with one attached hydrogen (secondary N) is 2. The van der Waals surface area contributed by atoms with Crippen LogP contribution in [0.3, 0.4) is 0 Å². The number of urea groups is 1. The Balaban J connectivity index is 2.19. The second-order valence-electron chi connectivity index (χ2n) is 6.69. The van der Waals surface area contributed by atoms with Crippen LogP contribution in [0.15, 0.2) is 23.1 Å². The zero-order valence-corrected chi connectivity index (χ0v) is 15.5. The molecule has 0 aromatic heterocycles. The summed E-state index contributed by atoms with van der Waals surface area (Å²) in [7, 11) is -2.22. The maximum Gasteiger partial charge on any atom is 0.322 e. The molecule has 8 heteroatoms. The molecule has 1 unspecified atom stereocenters. The monoisotopic (exact) mass is 355 g/mol. The van der Waals surface area contributed by atoms with Crippen LogP contribution in [0.25, 0.3) is 0 Å². The molecule has 1 aromatic rings. The normalized spacial score (nSPS) is 20.7. The van der Waals surface area contributed by atoms with E-state index in [9.17, 15) is 13.2 Å². The summed E-state index contributed by atoms with van der Waals surface area (Å²) in [5, 5.41) is 2.77. The fourth-order valence-corrected chi connectivity index (χ4v) is 3.88. The molecule has 0 spiro atoms. The van der Waals surface area contributed by atoms with Gasteiger partial charge in [-0.3, -0.25) is 0 Å². The SMILES string of the molecule is CNS(=O)(=O)c1cc(NC(=O)N2CC(C)OC(C)(C)C2)ccc1C. The van der Waals surface area contributed by atoms with Gasteiger partial charge in [0.2, 0.25) is 10.0 Å². The van der Waals surface area contributed by atoms with Gasteiger partial charge < -0.3 is 15.0 Å². The molecule has 1 aliphatic heterocycles. The number of carbonyl (C=O) groups excluding carboxylic acids is 1. The van der Waals surface area contributed by atoms with Crippen molar-refractivity contribution in [1.29, 1.82) is 0 Å². The summed E-state index contributed by atoms with van der Waals surface area (Å²) in [5.41, 5.74) is 0.642. The predicted octanol–water partition coefficient (Wildman–Crippen LogP) is 1.93. The first-order valence-corrected chi connectivity index (χ1v) is 9.30. The van der Waals surface area contributed by atoms with Crippen molar-refractivity contribution in [3.63, 3.8) is 0 Å². The van der Waals surface area contributed by atoms with Crippen LogP contribution < -0.4 is 10.0 Å². The second kappa shape index (κ2) is 6.70. The molecule has 2 rings (SSSR count). The minimum atomic E-state index is -3.57. The minimum absolute atomic E-state index is 0.0576. The molecule has 0 aliphatic carbocycles. The maximum atomic E-state index is 12.5. The molecule has 1 aliphatic rings. The third-order valence-electron chi connectivity index (χ3n) is 3.85. The van der Waals surface area contributed by atoms with E-state index >= 15 is 0 Å². The molecule has 2 amide bonds. The number of anilines is 1. The fourth-order valence-electron chi connectivity index (χ4n) is 2.89. The van der Waals surface area contributed by atoms with Gasteiger partial charge in [0.05, 0.1) is 23.1 Å². The molecule has 134 valence electrons. The summed E-state index contributed by atoms with van der Waals surface area (Å²) < 4.78 is 32.2. The van der Waals surface area contributed by atoms with Crippen molar-refractivity contribution in [2.75, 3.05) is 25.5 Å². The van der Waals surface area contributed by atoms with E-state index in [1.807, 2.05) is 20.8 Å². The molecule has 7 nitrogen and oxygen atoms in total. The van der Waals surface area contributed by atoms with Crippen molar-refractivity contribution in [2.45, 2.75) is 44.3 Å². The lowest BCUT2D eigenvalue weighted by atomic mass is 10.1. The van der Waals surface area contributed by atoms with Gasteiger partial charge in [-0.25, -0.2) is 17.9 Å².